The summed E-state index contributed by atoms with van der Waals surface area (Å²) in [5, 5.41) is 5.27. The quantitative estimate of drug-likeness (QED) is 0.780. The summed E-state index contributed by atoms with van der Waals surface area (Å²) in [6.07, 6.45) is 3.69. The first kappa shape index (κ1) is 10.8. The van der Waals surface area contributed by atoms with Crippen molar-refractivity contribution in [2.24, 2.45) is 11.8 Å². The number of rotatable bonds is 2. The number of fused-ring (bicyclic) bond motifs is 3. The molecule has 0 bridgehead atoms. The molecule has 1 aliphatic carbocycles. The van der Waals surface area contributed by atoms with E-state index in [1.807, 2.05) is 6.92 Å². The van der Waals surface area contributed by atoms with Crippen molar-refractivity contribution >= 4 is 11.0 Å². The van der Waals surface area contributed by atoms with Crippen molar-refractivity contribution in [3.05, 3.63) is 29.0 Å². The molecule has 1 aliphatic rings. The molecule has 0 saturated carbocycles. The molecule has 0 fully saturated rings. The van der Waals surface area contributed by atoms with Crippen LogP contribution in [0.2, 0.25) is 0 Å². The van der Waals surface area contributed by atoms with E-state index in [4.69, 9.17) is 4.52 Å². The molecule has 2 aromatic rings. The van der Waals surface area contributed by atoms with E-state index < -0.39 is 0 Å². The molecule has 0 aliphatic heterocycles. The molecular weight excluding hydrogens is 210 g/mol. The van der Waals surface area contributed by atoms with E-state index in [0.29, 0.717) is 0 Å². The predicted octanol–water partition coefficient (Wildman–Crippen LogP) is 3.90. The van der Waals surface area contributed by atoms with Crippen LogP contribution in [0.25, 0.3) is 11.0 Å². The molecule has 1 atom stereocenters. The highest BCUT2D eigenvalue weighted by Crippen LogP contribution is 2.36. The lowest BCUT2D eigenvalue weighted by Crippen LogP contribution is -2.03. The molecule has 17 heavy (non-hydrogen) atoms. The van der Waals surface area contributed by atoms with Gasteiger partial charge in [-0.25, -0.2) is 0 Å². The first-order valence-corrected chi connectivity index (χ1v) is 6.52. The van der Waals surface area contributed by atoms with Gasteiger partial charge in [0.25, 0.3) is 0 Å². The molecule has 2 heteroatoms. The molecule has 0 N–H and O–H groups in total. The number of hydrogen-bond acceptors (Lipinski definition) is 2. The van der Waals surface area contributed by atoms with Crippen LogP contribution in [0.5, 0.6) is 0 Å². The van der Waals surface area contributed by atoms with Gasteiger partial charge in [0.15, 0.2) is 5.58 Å². The fourth-order valence-corrected chi connectivity index (χ4v) is 3.14. The standard InChI is InChI=1S/C15H19NO/c1-9(2)6-11-7-12-4-5-13-10(3)16-17-15(13)14(12)8-11/h4-5,9,11H,6-8H2,1-3H3/t11-/m0/s1. The van der Waals surface area contributed by atoms with Gasteiger partial charge in [0.2, 0.25) is 0 Å². The highest BCUT2D eigenvalue weighted by Gasteiger charge is 2.25. The minimum atomic E-state index is 0.779. The monoisotopic (exact) mass is 229 g/mol. The van der Waals surface area contributed by atoms with E-state index >= 15 is 0 Å². The van der Waals surface area contributed by atoms with Crippen molar-refractivity contribution in [3.63, 3.8) is 0 Å². The molecular formula is C15H19NO. The maximum absolute atomic E-state index is 5.49. The summed E-state index contributed by atoms with van der Waals surface area (Å²) in [4.78, 5) is 0. The molecule has 90 valence electrons. The van der Waals surface area contributed by atoms with Crippen molar-refractivity contribution < 1.29 is 4.52 Å². The summed E-state index contributed by atoms with van der Waals surface area (Å²) in [6.45, 7) is 6.62. The minimum Gasteiger partial charge on any atom is -0.356 e. The summed E-state index contributed by atoms with van der Waals surface area (Å²) in [7, 11) is 0. The average Bonchev–Trinajstić information content (AvgIpc) is 2.80. The fraction of sp³-hybridized carbons (Fsp3) is 0.533. The first-order chi connectivity index (χ1) is 8.15. The third-order valence-electron chi connectivity index (χ3n) is 3.83. The van der Waals surface area contributed by atoms with E-state index in [9.17, 15) is 0 Å². The average molecular weight is 229 g/mol. The second kappa shape index (κ2) is 3.86. The summed E-state index contributed by atoms with van der Waals surface area (Å²) in [5.41, 5.74) is 4.93. The van der Waals surface area contributed by atoms with Crippen LogP contribution in [-0.4, -0.2) is 5.16 Å². The summed E-state index contributed by atoms with van der Waals surface area (Å²) in [5.74, 6) is 1.57. The Bertz CT molecular complexity index is 553. The second-order valence-electron chi connectivity index (χ2n) is 5.75. The van der Waals surface area contributed by atoms with Gasteiger partial charge in [-0.05, 0) is 49.7 Å². The van der Waals surface area contributed by atoms with Crippen molar-refractivity contribution in [2.75, 3.05) is 0 Å². The zero-order valence-electron chi connectivity index (χ0n) is 10.8. The van der Waals surface area contributed by atoms with Gasteiger partial charge in [0, 0.05) is 10.9 Å². The van der Waals surface area contributed by atoms with E-state index in [1.54, 1.807) is 0 Å². The molecule has 0 radical (unpaired) electrons. The zero-order chi connectivity index (χ0) is 12.0. The van der Waals surface area contributed by atoms with Crippen LogP contribution < -0.4 is 0 Å². The Kier molecular flexibility index (Phi) is 2.46. The Morgan fingerprint density at radius 3 is 2.94 bits per heavy atom. The summed E-state index contributed by atoms with van der Waals surface area (Å²) < 4.78 is 5.49. The first-order valence-electron chi connectivity index (χ1n) is 6.52. The molecule has 1 aromatic carbocycles. The maximum Gasteiger partial charge on any atom is 0.170 e. The Morgan fingerprint density at radius 2 is 2.18 bits per heavy atom. The maximum atomic E-state index is 5.49. The Labute approximate surface area is 102 Å². The highest BCUT2D eigenvalue weighted by molar-refractivity contribution is 5.83. The largest absolute Gasteiger partial charge is 0.356 e. The van der Waals surface area contributed by atoms with Crippen molar-refractivity contribution in [1.82, 2.24) is 5.16 Å². The van der Waals surface area contributed by atoms with Gasteiger partial charge in [-0.2, -0.15) is 0 Å². The predicted molar refractivity (Wildman–Crippen MR) is 69.1 cm³/mol. The minimum absolute atomic E-state index is 0.779. The third-order valence-corrected chi connectivity index (χ3v) is 3.83. The molecule has 0 amide bonds. The van der Waals surface area contributed by atoms with E-state index in [0.717, 1.165) is 23.1 Å². The van der Waals surface area contributed by atoms with Crippen LogP contribution in [0.1, 0.15) is 37.1 Å². The van der Waals surface area contributed by atoms with E-state index in [1.165, 1.54) is 35.8 Å². The van der Waals surface area contributed by atoms with E-state index in [-0.39, 0.29) is 0 Å². The van der Waals surface area contributed by atoms with Gasteiger partial charge in [-0.15, -0.1) is 0 Å². The van der Waals surface area contributed by atoms with Gasteiger partial charge in [-0.1, -0.05) is 25.1 Å². The molecule has 3 rings (SSSR count). The molecule has 0 spiro atoms. The van der Waals surface area contributed by atoms with Gasteiger partial charge >= 0.3 is 0 Å². The molecule has 0 saturated heterocycles. The van der Waals surface area contributed by atoms with Crippen LogP contribution in [0.15, 0.2) is 16.7 Å². The lowest BCUT2D eigenvalue weighted by molar-refractivity contribution is 0.421. The lowest BCUT2D eigenvalue weighted by Gasteiger charge is -2.10. The van der Waals surface area contributed by atoms with Gasteiger partial charge in [0.1, 0.15) is 0 Å². The number of aromatic nitrogens is 1. The van der Waals surface area contributed by atoms with Crippen LogP contribution in [0.4, 0.5) is 0 Å². The molecule has 1 aromatic heterocycles. The molecule has 1 heterocycles. The topological polar surface area (TPSA) is 26.0 Å². The zero-order valence-corrected chi connectivity index (χ0v) is 10.8. The Morgan fingerprint density at radius 1 is 1.35 bits per heavy atom. The number of hydrogen-bond donors (Lipinski definition) is 0. The van der Waals surface area contributed by atoms with Crippen molar-refractivity contribution in [1.29, 1.82) is 0 Å². The van der Waals surface area contributed by atoms with Crippen molar-refractivity contribution in [2.45, 2.75) is 40.0 Å². The smallest absolute Gasteiger partial charge is 0.170 e. The third kappa shape index (κ3) is 1.76. The van der Waals surface area contributed by atoms with Crippen LogP contribution >= 0.6 is 0 Å². The number of aryl methyl sites for hydroxylation is 1. The summed E-state index contributed by atoms with van der Waals surface area (Å²) >= 11 is 0. The van der Waals surface area contributed by atoms with E-state index in [2.05, 4.69) is 31.1 Å². The van der Waals surface area contributed by atoms with Gasteiger partial charge in [0.05, 0.1) is 5.69 Å². The van der Waals surface area contributed by atoms with Crippen molar-refractivity contribution in [3.8, 4) is 0 Å². The second-order valence-corrected chi connectivity index (χ2v) is 5.75. The number of nitrogens with zero attached hydrogens (tertiary/aromatic N) is 1. The van der Waals surface area contributed by atoms with Crippen LogP contribution in [-0.2, 0) is 12.8 Å². The molecule has 2 nitrogen and oxygen atoms in total. The highest BCUT2D eigenvalue weighted by atomic mass is 16.5. The van der Waals surface area contributed by atoms with Crippen LogP contribution in [0.3, 0.4) is 0 Å². The Balaban J connectivity index is 1.99. The van der Waals surface area contributed by atoms with Gasteiger partial charge < -0.3 is 4.52 Å². The summed E-state index contributed by atoms with van der Waals surface area (Å²) in [6, 6.07) is 4.43. The van der Waals surface area contributed by atoms with Gasteiger partial charge in [-0.3, -0.25) is 0 Å². The fourth-order valence-electron chi connectivity index (χ4n) is 3.14. The number of benzene rings is 1. The Hall–Kier alpha value is -1.31. The normalized spacial score (nSPS) is 19.2. The SMILES string of the molecule is Cc1noc2c3c(ccc12)C[C@H](CC(C)C)C3. The molecule has 0 unspecified atom stereocenters. The lowest BCUT2D eigenvalue weighted by atomic mass is 9.95. The van der Waals surface area contributed by atoms with Crippen LogP contribution in [0, 0.1) is 18.8 Å².